The van der Waals surface area contributed by atoms with Gasteiger partial charge in [-0.1, -0.05) is 63.8 Å². The van der Waals surface area contributed by atoms with Gasteiger partial charge in [0.1, 0.15) is 0 Å². The van der Waals surface area contributed by atoms with Gasteiger partial charge in [-0.05, 0) is 135 Å². The molecule has 0 saturated heterocycles. The van der Waals surface area contributed by atoms with Gasteiger partial charge in [-0.2, -0.15) is 0 Å². The smallest absolute Gasteiger partial charge is 0.188 e. The molecule has 230 valence electrons. The Hall–Kier alpha value is -3.66. The Morgan fingerprint density at radius 1 is 0.523 bits per heavy atom. The summed E-state index contributed by atoms with van der Waals surface area (Å²) in [6, 6.07) is 17.3. The molecule has 2 fully saturated rings. The lowest BCUT2D eigenvalue weighted by Crippen LogP contribution is -2.24. The van der Waals surface area contributed by atoms with Crippen molar-refractivity contribution in [3.63, 3.8) is 0 Å². The van der Waals surface area contributed by atoms with Crippen LogP contribution in [-0.2, 0) is 9.59 Å². The van der Waals surface area contributed by atoms with Gasteiger partial charge in [-0.15, -0.1) is 0 Å². The Labute approximate surface area is 263 Å². The second-order valence-corrected chi connectivity index (χ2v) is 13.5. The molecule has 4 aliphatic rings. The Balaban J connectivity index is 1.15. The van der Waals surface area contributed by atoms with Crippen LogP contribution >= 0.6 is 0 Å². The molecule has 0 aliphatic heterocycles. The molecule has 44 heavy (non-hydrogen) atoms. The molecule has 4 nitrogen and oxygen atoms in total. The van der Waals surface area contributed by atoms with Crippen LogP contribution in [0.5, 0.6) is 0 Å². The Morgan fingerprint density at radius 2 is 0.886 bits per heavy atom. The summed E-state index contributed by atoms with van der Waals surface area (Å²) >= 11 is 0. The van der Waals surface area contributed by atoms with Crippen LogP contribution in [0.4, 0.5) is 11.4 Å². The molecule has 6 rings (SSSR count). The van der Waals surface area contributed by atoms with Crippen LogP contribution < -0.4 is 10.6 Å². The van der Waals surface area contributed by atoms with E-state index in [4.69, 9.17) is 0 Å². The monoisotopic (exact) mass is 588 g/mol. The van der Waals surface area contributed by atoms with Crippen LogP contribution in [0.25, 0.3) is 0 Å². The molecule has 0 bridgehead atoms. The summed E-state index contributed by atoms with van der Waals surface area (Å²) in [6.07, 6.45) is 22.3. The Morgan fingerprint density at radius 3 is 1.23 bits per heavy atom. The fraction of sp³-hybridized carbons (Fsp3) is 0.450. The molecular weight excluding hydrogens is 540 g/mol. The number of carbonyl (C=O) groups is 2. The lowest BCUT2D eigenvalue weighted by molar-refractivity contribution is -0.114. The highest BCUT2D eigenvalue weighted by Crippen LogP contribution is 2.39. The van der Waals surface area contributed by atoms with Crippen LogP contribution in [-0.4, -0.2) is 11.6 Å². The number of nitrogens with one attached hydrogen (secondary N) is 2. The van der Waals surface area contributed by atoms with Gasteiger partial charge in [0, 0.05) is 11.4 Å². The minimum atomic E-state index is -0.153. The van der Waals surface area contributed by atoms with E-state index in [-0.39, 0.29) is 11.6 Å². The number of allylic oxidation sites excluding steroid dienone is 6. The van der Waals surface area contributed by atoms with Gasteiger partial charge in [0.2, 0.25) is 0 Å². The average molecular weight is 589 g/mol. The summed E-state index contributed by atoms with van der Waals surface area (Å²) in [7, 11) is 0. The predicted octanol–water partition coefficient (Wildman–Crippen LogP) is 10.1. The number of hydrogen-bond acceptors (Lipinski definition) is 4. The Bertz CT molecular complexity index is 1340. The van der Waals surface area contributed by atoms with Gasteiger partial charge in [-0.25, -0.2) is 0 Å². The van der Waals surface area contributed by atoms with E-state index in [0.717, 1.165) is 23.2 Å². The first-order chi connectivity index (χ1) is 21.5. The van der Waals surface area contributed by atoms with Crippen LogP contribution in [0.1, 0.15) is 114 Å². The molecule has 0 atom stereocenters. The standard InChI is InChI=1S/C40H48N2O2/c1-3-5-27-7-11-29(12-8-27)31-15-19-33(20-16-31)41-35-23-25-38(44)40-36(24-26-37(43)39(35)40)42-34-21-17-32(18-22-34)30-13-9-28(6-4-2)10-14-30/h15-30,41-42H,3-14H2,1-2H3/t27-,28-,29-,30-. The van der Waals surface area contributed by atoms with E-state index in [1.54, 1.807) is 24.3 Å². The van der Waals surface area contributed by atoms with Gasteiger partial charge < -0.3 is 10.6 Å². The second-order valence-electron chi connectivity index (χ2n) is 13.5. The zero-order chi connectivity index (χ0) is 30.5. The summed E-state index contributed by atoms with van der Waals surface area (Å²) in [5.41, 5.74) is 6.83. The third-order valence-electron chi connectivity index (χ3n) is 10.5. The number of carbonyl (C=O) groups excluding carboxylic acids is 2. The first kappa shape index (κ1) is 30.4. The van der Waals surface area contributed by atoms with Crippen molar-refractivity contribution in [1.82, 2.24) is 0 Å². The molecule has 0 amide bonds. The summed E-state index contributed by atoms with van der Waals surface area (Å²) in [6.45, 7) is 4.58. The quantitative estimate of drug-likeness (QED) is 0.290. The fourth-order valence-electron chi connectivity index (χ4n) is 8.01. The number of benzene rings is 2. The highest BCUT2D eigenvalue weighted by Gasteiger charge is 2.31. The largest absolute Gasteiger partial charge is 0.355 e. The minimum Gasteiger partial charge on any atom is -0.355 e. The van der Waals surface area contributed by atoms with E-state index in [1.807, 2.05) is 0 Å². The van der Waals surface area contributed by atoms with Crippen molar-refractivity contribution in [2.24, 2.45) is 11.8 Å². The minimum absolute atomic E-state index is 0.153. The molecule has 0 spiro atoms. The molecular formula is C40H48N2O2. The molecule has 0 radical (unpaired) electrons. The van der Waals surface area contributed by atoms with Gasteiger partial charge in [0.15, 0.2) is 11.6 Å². The maximum absolute atomic E-state index is 13.2. The van der Waals surface area contributed by atoms with Gasteiger partial charge in [0.05, 0.1) is 22.5 Å². The number of rotatable bonds is 10. The van der Waals surface area contributed by atoms with Crippen molar-refractivity contribution in [2.75, 3.05) is 10.6 Å². The first-order valence-electron chi connectivity index (χ1n) is 17.2. The number of anilines is 2. The van der Waals surface area contributed by atoms with E-state index in [1.165, 1.54) is 88.2 Å². The third kappa shape index (κ3) is 6.85. The van der Waals surface area contributed by atoms with Crippen molar-refractivity contribution >= 4 is 22.9 Å². The van der Waals surface area contributed by atoms with Crippen molar-refractivity contribution < 1.29 is 9.59 Å². The fourth-order valence-corrected chi connectivity index (χ4v) is 8.01. The molecule has 2 N–H and O–H groups in total. The first-order valence-corrected chi connectivity index (χ1v) is 17.2. The second kappa shape index (κ2) is 14.0. The maximum atomic E-state index is 13.2. The number of hydrogen-bond donors (Lipinski definition) is 2. The van der Waals surface area contributed by atoms with Crippen molar-refractivity contribution in [3.05, 3.63) is 107 Å². The van der Waals surface area contributed by atoms with Crippen LogP contribution in [0.3, 0.4) is 0 Å². The summed E-state index contributed by atoms with van der Waals surface area (Å²) in [5.74, 6) is 2.76. The SMILES string of the molecule is CCC[C@H]1CC[C@H](c2ccc(NC3=C4C(=O)C=CC(Nc5ccc([C@H]6CC[C@H](CCC)CC6)cc5)=C4C(=O)C=C3)cc2)CC1. The third-order valence-corrected chi connectivity index (χ3v) is 10.5. The highest BCUT2D eigenvalue weighted by atomic mass is 16.1. The number of fused-ring (bicyclic) bond motifs is 1. The zero-order valence-electron chi connectivity index (χ0n) is 26.5. The number of ketones is 2. The molecule has 0 unspecified atom stereocenters. The van der Waals surface area contributed by atoms with E-state index < -0.39 is 0 Å². The molecule has 0 heterocycles. The van der Waals surface area contributed by atoms with E-state index >= 15 is 0 Å². The maximum Gasteiger partial charge on any atom is 0.188 e. The molecule has 0 aromatic heterocycles. The van der Waals surface area contributed by atoms with Crippen molar-refractivity contribution in [3.8, 4) is 0 Å². The lowest BCUT2D eigenvalue weighted by Gasteiger charge is -2.29. The summed E-state index contributed by atoms with van der Waals surface area (Å²) < 4.78 is 0. The molecule has 2 aromatic carbocycles. The topological polar surface area (TPSA) is 58.2 Å². The van der Waals surface area contributed by atoms with E-state index in [9.17, 15) is 9.59 Å². The molecule has 2 aromatic rings. The van der Waals surface area contributed by atoms with Gasteiger partial charge >= 0.3 is 0 Å². The Kier molecular flexibility index (Phi) is 9.64. The highest BCUT2D eigenvalue weighted by molar-refractivity contribution is 6.23. The van der Waals surface area contributed by atoms with Crippen molar-refractivity contribution in [2.45, 2.75) is 103 Å². The van der Waals surface area contributed by atoms with Crippen LogP contribution in [0, 0.1) is 11.8 Å². The van der Waals surface area contributed by atoms with Crippen LogP contribution in [0.2, 0.25) is 0 Å². The lowest BCUT2D eigenvalue weighted by atomic mass is 9.77. The predicted molar refractivity (Wildman–Crippen MR) is 182 cm³/mol. The zero-order valence-corrected chi connectivity index (χ0v) is 26.5. The molecule has 4 aliphatic carbocycles. The van der Waals surface area contributed by atoms with Gasteiger partial charge in [0.25, 0.3) is 0 Å². The summed E-state index contributed by atoms with van der Waals surface area (Å²) in [5, 5.41) is 6.90. The summed E-state index contributed by atoms with van der Waals surface area (Å²) in [4.78, 5) is 26.3. The molecule has 2 saturated carbocycles. The van der Waals surface area contributed by atoms with Gasteiger partial charge in [-0.3, -0.25) is 9.59 Å². The van der Waals surface area contributed by atoms with E-state index in [0.29, 0.717) is 34.4 Å². The normalized spacial score (nSPS) is 25.3. The average Bonchev–Trinajstić information content (AvgIpc) is 3.05. The van der Waals surface area contributed by atoms with Crippen LogP contribution in [0.15, 0.2) is 95.4 Å². The van der Waals surface area contributed by atoms with Crippen molar-refractivity contribution in [1.29, 1.82) is 0 Å². The van der Waals surface area contributed by atoms with E-state index in [2.05, 4.69) is 73.0 Å². The molecule has 4 heteroatoms.